The van der Waals surface area contributed by atoms with E-state index in [1.54, 1.807) is 25.1 Å². The van der Waals surface area contributed by atoms with Gasteiger partial charge in [0.2, 0.25) is 0 Å². The summed E-state index contributed by atoms with van der Waals surface area (Å²) in [6.07, 6.45) is 0. The minimum Gasteiger partial charge on any atom is -0.360 e. The fourth-order valence-electron chi connectivity index (χ4n) is 2.32. The second-order valence-electron chi connectivity index (χ2n) is 5.11. The van der Waals surface area contributed by atoms with E-state index in [0.717, 1.165) is 0 Å². The van der Waals surface area contributed by atoms with Crippen molar-refractivity contribution in [2.24, 2.45) is 0 Å². The SMILES string of the molecule is Cc1onc(-c2c(Cl)cccc2Cl)c1C(=O)Nc1cccc(Cl)c1F. The van der Waals surface area contributed by atoms with Gasteiger partial charge in [-0.05, 0) is 31.2 Å². The molecule has 1 N–H and O–H groups in total. The van der Waals surface area contributed by atoms with Gasteiger partial charge in [-0.15, -0.1) is 0 Å². The van der Waals surface area contributed by atoms with Gasteiger partial charge in [0.25, 0.3) is 5.91 Å². The standard InChI is InChI=1S/C17H10Cl3FN2O2/c1-8-13(17(24)22-12-7-3-6-11(20)15(12)21)16(23-25-8)14-9(18)4-2-5-10(14)19/h2-7H,1H3,(H,22,24). The van der Waals surface area contributed by atoms with E-state index in [4.69, 9.17) is 39.3 Å². The second-order valence-corrected chi connectivity index (χ2v) is 6.34. The van der Waals surface area contributed by atoms with Crippen LogP contribution in [0, 0.1) is 12.7 Å². The number of anilines is 1. The Morgan fingerprint density at radius 2 is 1.68 bits per heavy atom. The lowest BCUT2D eigenvalue weighted by molar-refractivity contribution is 0.102. The van der Waals surface area contributed by atoms with Crippen LogP contribution in [0.5, 0.6) is 0 Å². The fraction of sp³-hybridized carbons (Fsp3) is 0.0588. The topological polar surface area (TPSA) is 55.1 Å². The number of aromatic nitrogens is 1. The number of hydrogen-bond donors (Lipinski definition) is 1. The van der Waals surface area contributed by atoms with E-state index in [1.807, 2.05) is 0 Å². The minimum atomic E-state index is -0.732. The first-order chi connectivity index (χ1) is 11.9. The Kier molecular flexibility index (Phi) is 4.99. The van der Waals surface area contributed by atoms with Gasteiger partial charge in [0.05, 0.1) is 20.8 Å². The van der Waals surface area contributed by atoms with Crippen LogP contribution >= 0.6 is 34.8 Å². The summed E-state index contributed by atoms with van der Waals surface area (Å²) in [4.78, 5) is 12.7. The van der Waals surface area contributed by atoms with Gasteiger partial charge >= 0.3 is 0 Å². The lowest BCUT2D eigenvalue weighted by atomic mass is 10.1. The van der Waals surface area contributed by atoms with Crippen LogP contribution in [0.1, 0.15) is 16.1 Å². The summed E-state index contributed by atoms with van der Waals surface area (Å²) in [5.41, 5.74) is 0.580. The van der Waals surface area contributed by atoms with Gasteiger partial charge in [-0.2, -0.15) is 0 Å². The zero-order valence-electron chi connectivity index (χ0n) is 12.7. The molecule has 0 unspecified atom stereocenters. The van der Waals surface area contributed by atoms with Crippen molar-refractivity contribution in [2.75, 3.05) is 5.32 Å². The van der Waals surface area contributed by atoms with Crippen LogP contribution in [0.2, 0.25) is 15.1 Å². The Morgan fingerprint density at radius 3 is 2.36 bits per heavy atom. The third kappa shape index (κ3) is 3.35. The van der Waals surface area contributed by atoms with Gasteiger partial charge in [0.1, 0.15) is 17.0 Å². The highest BCUT2D eigenvalue weighted by Gasteiger charge is 2.25. The predicted octanol–water partition coefficient (Wildman–Crippen LogP) is 6.00. The molecule has 0 aliphatic carbocycles. The van der Waals surface area contributed by atoms with Crippen molar-refractivity contribution in [2.45, 2.75) is 6.92 Å². The van der Waals surface area contributed by atoms with Crippen molar-refractivity contribution >= 4 is 46.4 Å². The molecule has 8 heteroatoms. The largest absolute Gasteiger partial charge is 0.360 e. The highest BCUT2D eigenvalue weighted by atomic mass is 35.5. The van der Waals surface area contributed by atoms with Crippen molar-refractivity contribution in [3.05, 3.63) is 68.6 Å². The normalized spacial score (nSPS) is 10.8. The van der Waals surface area contributed by atoms with E-state index in [9.17, 15) is 9.18 Å². The second kappa shape index (κ2) is 7.04. The molecule has 0 aliphatic heterocycles. The molecule has 0 atom stereocenters. The molecule has 128 valence electrons. The summed E-state index contributed by atoms with van der Waals surface area (Å²) < 4.78 is 19.2. The number of hydrogen-bond acceptors (Lipinski definition) is 3. The summed E-state index contributed by atoms with van der Waals surface area (Å²) in [6.45, 7) is 1.56. The van der Waals surface area contributed by atoms with Gasteiger partial charge in [0, 0.05) is 5.56 Å². The molecule has 0 bridgehead atoms. The molecule has 0 saturated heterocycles. The molecule has 0 fully saturated rings. The number of benzene rings is 2. The molecule has 3 rings (SSSR count). The number of carbonyl (C=O) groups excluding carboxylic acids is 1. The van der Waals surface area contributed by atoms with E-state index >= 15 is 0 Å². The summed E-state index contributed by atoms with van der Waals surface area (Å²) >= 11 is 18.1. The monoisotopic (exact) mass is 398 g/mol. The van der Waals surface area contributed by atoms with E-state index in [-0.39, 0.29) is 27.7 Å². The molecular formula is C17H10Cl3FN2O2. The lowest BCUT2D eigenvalue weighted by Crippen LogP contribution is -2.14. The first-order valence-electron chi connectivity index (χ1n) is 7.06. The third-order valence-electron chi connectivity index (χ3n) is 3.49. The fourth-order valence-corrected chi connectivity index (χ4v) is 3.07. The van der Waals surface area contributed by atoms with Crippen LogP contribution in [-0.2, 0) is 0 Å². The molecule has 1 heterocycles. The Labute approximate surface area is 157 Å². The molecule has 0 radical (unpaired) electrons. The maximum atomic E-state index is 14.0. The number of amides is 1. The number of rotatable bonds is 3. The van der Waals surface area contributed by atoms with Gasteiger partial charge < -0.3 is 9.84 Å². The van der Waals surface area contributed by atoms with Gasteiger partial charge in [0.15, 0.2) is 5.82 Å². The van der Waals surface area contributed by atoms with Gasteiger partial charge in [-0.1, -0.05) is 52.1 Å². The average Bonchev–Trinajstić information content (AvgIpc) is 2.93. The zero-order chi connectivity index (χ0) is 18.1. The summed E-state index contributed by atoms with van der Waals surface area (Å²) in [5.74, 6) is -1.11. The molecule has 25 heavy (non-hydrogen) atoms. The smallest absolute Gasteiger partial charge is 0.261 e. The van der Waals surface area contributed by atoms with E-state index in [0.29, 0.717) is 15.6 Å². The summed E-state index contributed by atoms with van der Waals surface area (Å²) in [5, 5.41) is 6.86. The average molecular weight is 400 g/mol. The highest BCUT2D eigenvalue weighted by Crippen LogP contribution is 2.37. The third-order valence-corrected chi connectivity index (χ3v) is 4.41. The zero-order valence-corrected chi connectivity index (χ0v) is 15.0. The first-order valence-corrected chi connectivity index (χ1v) is 8.19. The van der Waals surface area contributed by atoms with Crippen molar-refractivity contribution in [3.63, 3.8) is 0 Å². The molecule has 0 saturated carbocycles. The highest BCUT2D eigenvalue weighted by molar-refractivity contribution is 6.39. The Bertz CT molecular complexity index is 952. The summed E-state index contributed by atoms with van der Waals surface area (Å²) in [7, 11) is 0. The molecule has 0 aliphatic rings. The van der Waals surface area contributed by atoms with Crippen LogP contribution in [0.3, 0.4) is 0 Å². The van der Waals surface area contributed by atoms with Gasteiger partial charge in [-0.25, -0.2) is 4.39 Å². The van der Waals surface area contributed by atoms with Crippen LogP contribution in [0.25, 0.3) is 11.3 Å². The number of nitrogens with zero attached hydrogens (tertiary/aromatic N) is 1. The quantitative estimate of drug-likeness (QED) is 0.587. The Hall–Kier alpha value is -2.08. The first kappa shape index (κ1) is 17.7. The summed E-state index contributed by atoms with van der Waals surface area (Å²) in [6, 6.07) is 9.20. The number of aryl methyl sites for hydroxylation is 1. The molecule has 2 aromatic carbocycles. The van der Waals surface area contributed by atoms with Crippen LogP contribution in [-0.4, -0.2) is 11.1 Å². The Balaban J connectivity index is 2.05. The number of nitrogens with one attached hydrogen (secondary N) is 1. The van der Waals surface area contributed by atoms with Gasteiger partial charge in [-0.3, -0.25) is 4.79 Å². The van der Waals surface area contributed by atoms with Crippen molar-refractivity contribution in [1.82, 2.24) is 5.16 Å². The molecule has 1 amide bonds. The number of halogens is 4. The molecule has 1 aromatic heterocycles. The lowest BCUT2D eigenvalue weighted by Gasteiger charge is -2.09. The van der Waals surface area contributed by atoms with E-state index < -0.39 is 11.7 Å². The van der Waals surface area contributed by atoms with E-state index in [2.05, 4.69) is 10.5 Å². The van der Waals surface area contributed by atoms with Crippen molar-refractivity contribution in [3.8, 4) is 11.3 Å². The molecule has 3 aromatic rings. The Morgan fingerprint density at radius 1 is 1.08 bits per heavy atom. The minimum absolute atomic E-state index is 0.0608. The van der Waals surface area contributed by atoms with Crippen LogP contribution in [0.4, 0.5) is 10.1 Å². The van der Waals surface area contributed by atoms with Crippen LogP contribution < -0.4 is 5.32 Å². The molecule has 0 spiro atoms. The predicted molar refractivity (Wildman–Crippen MR) is 96.1 cm³/mol. The number of carbonyl (C=O) groups is 1. The van der Waals surface area contributed by atoms with Crippen molar-refractivity contribution < 1.29 is 13.7 Å². The molecule has 4 nitrogen and oxygen atoms in total. The molecular weight excluding hydrogens is 390 g/mol. The van der Waals surface area contributed by atoms with Crippen LogP contribution in [0.15, 0.2) is 40.9 Å². The van der Waals surface area contributed by atoms with E-state index in [1.165, 1.54) is 18.2 Å². The maximum Gasteiger partial charge on any atom is 0.261 e. The van der Waals surface area contributed by atoms with Crippen molar-refractivity contribution in [1.29, 1.82) is 0 Å². The maximum absolute atomic E-state index is 14.0.